The van der Waals surface area contributed by atoms with Gasteiger partial charge in [0.15, 0.2) is 0 Å². The lowest BCUT2D eigenvalue weighted by Gasteiger charge is -2.58. The molecule has 0 bridgehead atoms. The van der Waals surface area contributed by atoms with Crippen LogP contribution in [0.25, 0.3) is 5.57 Å². The van der Waals surface area contributed by atoms with E-state index >= 15 is 0 Å². The molecule has 29 heavy (non-hydrogen) atoms. The number of carboxylic acids is 1. The van der Waals surface area contributed by atoms with E-state index in [-0.39, 0.29) is 23.2 Å². The van der Waals surface area contributed by atoms with Gasteiger partial charge in [0.2, 0.25) is 0 Å². The van der Waals surface area contributed by atoms with Gasteiger partial charge in [-0.2, -0.15) is 0 Å². The molecule has 2 fully saturated rings. The maximum atomic E-state index is 11.1. The fraction of sp³-hybridized carbons (Fsp3) is 0.615. The van der Waals surface area contributed by atoms with Crippen molar-refractivity contribution in [3.63, 3.8) is 0 Å². The molecule has 5 rings (SSSR count). The number of nitrogens with zero attached hydrogens (tertiary/aromatic N) is 1. The summed E-state index contributed by atoms with van der Waals surface area (Å²) in [6, 6.07) is 6.28. The minimum absolute atomic E-state index is 0.222. The van der Waals surface area contributed by atoms with Crippen molar-refractivity contribution in [2.75, 3.05) is 0 Å². The van der Waals surface area contributed by atoms with Crippen LogP contribution in [0.5, 0.6) is 0 Å². The molecule has 3 nitrogen and oxygen atoms in total. The van der Waals surface area contributed by atoms with Crippen molar-refractivity contribution in [2.24, 2.45) is 34.5 Å². The van der Waals surface area contributed by atoms with Gasteiger partial charge in [-0.05, 0) is 104 Å². The zero-order valence-electron chi connectivity index (χ0n) is 17.7. The normalized spacial score (nSPS) is 40.9. The Morgan fingerprint density at radius 1 is 1.10 bits per heavy atom. The molecule has 1 aromatic heterocycles. The Balaban J connectivity index is 1.41. The van der Waals surface area contributed by atoms with Crippen LogP contribution in [0.2, 0.25) is 0 Å². The van der Waals surface area contributed by atoms with Crippen LogP contribution in [0, 0.1) is 34.5 Å². The Hall–Kier alpha value is -1.90. The van der Waals surface area contributed by atoms with E-state index < -0.39 is 5.97 Å². The largest absolute Gasteiger partial charge is 0.550 e. The number of hydrogen-bond donors (Lipinski definition) is 0. The van der Waals surface area contributed by atoms with E-state index in [0.717, 1.165) is 43.2 Å². The fourth-order valence-corrected chi connectivity index (χ4v) is 7.63. The molecule has 2 saturated carbocycles. The molecule has 1 heterocycles. The predicted octanol–water partition coefficient (Wildman–Crippen LogP) is 4.79. The number of carbonyl (C=O) groups is 1. The average Bonchev–Trinajstić information content (AvgIpc) is 3.06. The molecule has 1 aromatic rings. The first-order valence-electron chi connectivity index (χ1n) is 11.4. The Labute approximate surface area is 174 Å². The monoisotopic (exact) mass is 390 g/mol. The van der Waals surface area contributed by atoms with Crippen LogP contribution in [-0.4, -0.2) is 11.0 Å². The molecule has 0 radical (unpaired) electrons. The predicted molar refractivity (Wildman–Crippen MR) is 112 cm³/mol. The number of carboxylic acid groups (broad SMARTS) is 1. The molecule has 4 aliphatic rings. The lowest BCUT2D eigenvalue weighted by Crippen LogP contribution is -2.49. The summed E-state index contributed by atoms with van der Waals surface area (Å²) in [4.78, 5) is 15.8. The topological polar surface area (TPSA) is 53.0 Å². The molecule has 3 heteroatoms. The van der Waals surface area contributed by atoms with Crippen LogP contribution in [0.3, 0.4) is 0 Å². The average molecular weight is 391 g/mol. The molecule has 0 aromatic carbocycles. The standard InChI is InChI=1S/C26H33NO2/c1-25-12-10-17(16-24(28)29)15-18(25)6-7-19-20-8-9-22(23-5-3-4-14-27-23)26(20,2)13-11-21(19)25/h3-6,9,14,17,19-21H,7-8,10-13,15-16H2,1-2H3,(H,28,29)/p-1/t17-,19-,20-,21-,25-,26-/m0/s1. The second-order valence-electron chi connectivity index (χ2n) is 10.5. The number of hydrogen-bond acceptors (Lipinski definition) is 3. The van der Waals surface area contributed by atoms with E-state index in [1.165, 1.54) is 24.8 Å². The van der Waals surface area contributed by atoms with Crippen molar-refractivity contribution >= 4 is 11.5 Å². The lowest BCUT2D eigenvalue weighted by molar-refractivity contribution is -0.307. The zero-order valence-corrected chi connectivity index (χ0v) is 17.7. The quantitative estimate of drug-likeness (QED) is 0.697. The maximum Gasteiger partial charge on any atom is 0.0664 e. The summed E-state index contributed by atoms with van der Waals surface area (Å²) in [5.41, 5.74) is 4.69. The van der Waals surface area contributed by atoms with Gasteiger partial charge in [-0.25, -0.2) is 0 Å². The van der Waals surface area contributed by atoms with Gasteiger partial charge in [-0.15, -0.1) is 0 Å². The van der Waals surface area contributed by atoms with E-state index in [9.17, 15) is 9.90 Å². The van der Waals surface area contributed by atoms with Gasteiger partial charge in [0, 0.05) is 12.2 Å². The van der Waals surface area contributed by atoms with E-state index in [1.54, 1.807) is 5.57 Å². The highest BCUT2D eigenvalue weighted by Gasteiger charge is 2.56. The molecule has 0 saturated heterocycles. The Morgan fingerprint density at radius 2 is 1.93 bits per heavy atom. The van der Waals surface area contributed by atoms with Crippen molar-refractivity contribution in [1.82, 2.24) is 4.98 Å². The molecule has 0 unspecified atom stereocenters. The van der Waals surface area contributed by atoms with Gasteiger partial charge in [-0.1, -0.05) is 37.6 Å². The lowest BCUT2D eigenvalue weighted by atomic mass is 9.47. The molecule has 4 aliphatic carbocycles. The summed E-state index contributed by atoms with van der Waals surface area (Å²) in [5, 5.41) is 11.1. The van der Waals surface area contributed by atoms with E-state index in [2.05, 4.69) is 43.1 Å². The second-order valence-corrected chi connectivity index (χ2v) is 10.5. The first-order valence-corrected chi connectivity index (χ1v) is 11.4. The molecular weight excluding hydrogens is 358 g/mol. The van der Waals surface area contributed by atoms with Crippen LogP contribution in [0.1, 0.15) is 70.9 Å². The van der Waals surface area contributed by atoms with E-state index in [1.807, 2.05) is 12.3 Å². The summed E-state index contributed by atoms with van der Waals surface area (Å²) in [5.74, 6) is 1.56. The fourth-order valence-electron chi connectivity index (χ4n) is 7.63. The molecule has 0 spiro atoms. The minimum atomic E-state index is -0.889. The Bertz CT molecular complexity index is 872. The number of aromatic nitrogens is 1. The van der Waals surface area contributed by atoms with E-state index in [4.69, 9.17) is 0 Å². The molecule has 0 aliphatic heterocycles. The van der Waals surface area contributed by atoms with Crippen molar-refractivity contribution < 1.29 is 9.90 Å². The van der Waals surface area contributed by atoms with Crippen LogP contribution >= 0.6 is 0 Å². The highest BCUT2D eigenvalue weighted by molar-refractivity contribution is 5.70. The van der Waals surface area contributed by atoms with Crippen molar-refractivity contribution in [2.45, 2.75) is 65.2 Å². The third kappa shape index (κ3) is 2.92. The van der Waals surface area contributed by atoms with Crippen molar-refractivity contribution in [1.29, 1.82) is 0 Å². The van der Waals surface area contributed by atoms with Gasteiger partial charge >= 0.3 is 0 Å². The van der Waals surface area contributed by atoms with Gasteiger partial charge in [-0.3, -0.25) is 4.98 Å². The number of fused-ring (bicyclic) bond motifs is 5. The molecule has 154 valence electrons. The van der Waals surface area contributed by atoms with Crippen LogP contribution in [-0.2, 0) is 4.79 Å². The second kappa shape index (κ2) is 6.82. The number of allylic oxidation sites excluding steroid dienone is 4. The molecule has 0 amide bonds. The van der Waals surface area contributed by atoms with Crippen LogP contribution in [0.15, 0.2) is 42.1 Å². The van der Waals surface area contributed by atoms with Crippen molar-refractivity contribution in [3.05, 3.63) is 47.8 Å². The summed E-state index contributed by atoms with van der Waals surface area (Å²) in [6.07, 6.45) is 15.1. The molecule has 6 atom stereocenters. The number of aliphatic carboxylic acids is 1. The minimum Gasteiger partial charge on any atom is -0.550 e. The third-order valence-corrected chi connectivity index (χ3v) is 9.18. The first kappa shape index (κ1) is 19.1. The summed E-state index contributed by atoms with van der Waals surface area (Å²) in [6.45, 7) is 4.97. The Morgan fingerprint density at radius 3 is 2.69 bits per heavy atom. The highest BCUT2D eigenvalue weighted by atomic mass is 16.4. The molecular formula is C26H32NO2-. The number of rotatable bonds is 3. The van der Waals surface area contributed by atoms with E-state index in [0.29, 0.717) is 5.92 Å². The SMILES string of the molecule is C[C@]12CC[C@H](CC(=O)[O-])CC1=CC[C@@H]1[C@@H]2CC[C@]2(C)C(c3ccccn3)=CC[C@@H]12. The van der Waals surface area contributed by atoms with Gasteiger partial charge in [0.05, 0.1) is 5.69 Å². The number of carbonyl (C=O) groups excluding carboxylic acids is 1. The van der Waals surface area contributed by atoms with Gasteiger partial charge in [0.1, 0.15) is 0 Å². The molecule has 0 N–H and O–H groups in total. The maximum absolute atomic E-state index is 11.1. The van der Waals surface area contributed by atoms with Gasteiger partial charge < -0.3 is 9.90 Å². The van der Waals surface area contributed by atoms with Crippen molar-refractivity contribution in [3.8, 4) is 0 Å². The summed E-state index contributed by atoms with van der Waals surface area (Å²) < 4.78 is 0. The van der Waals surface area contributed by atoms with Crippen LogP contribution in [0.4, 0.5) is 0 Å². The Kier molecular flexibility index (Phi) is 4.49. The third-order valence-electron chi connectivity index (χ3n) is 9.18. The smallest absolute Gasteiger partial charge is 0.0664 e. The van der Waals surface area contributed by atoms with Crippen LogP contribution < -0.4 is 5.11 Å². The summed E-state index contributed by atoms with van der Waals surface area (Å²) in [7, 11) is 0. The highest BCUT2D eigenvalue weighted by Crippen LogP contribution is 2.66. The number of pyridine rings is 1. The van der Waals surface area contributed by atoms with Gasteiger partial charge in [0.25, 0.3) is 0 Å². The summed E-state index contributed by atoms with van der Waals surface area (Å²) >= 11 is 0. The first-order chi connectivity index (χ1) is 13.9. The zero-order chi connectivity index (χ0) is 20.2.